The number of hydrogen-bond donors (Lipinski definition) is 1. The van der Waals surface area contributed by atoms with Crippen molar-refractivity contribution >= 4 is 61.6 Å². The van der Waals surface area contributed by atoms with Gasteiger partial charge in [0.05, 0.1) is 28.8 Å². The third kappa shape index (κ3) is 5.18. The second-order valence-corrected chi connectivity index (χ2v) is 10.2. The molecule has 1 aliphatic heterocycles. The Morgan fingerprint density at radius 1 is 1.00 bits per heavy atom. The van der Waals surface area contributed by atoms with Gasteiger partial charge in [0.15, 0.2) is 6.61 Å². The van der Waals surface area contributed by atoms with Crippen LogP contribution in [0.1, 0.15) is 10.4 Å². The van der Waals surface area contributed by atoms with Crippen molar-refractivity contribution in [2.75, 3.05) is 38.2 Å². The predicted molar refractivity (Wildman–Crippen MR) is 129 cm³/mol. The number of anilines is 1. The Kier molecular flexibility index (Phi) is 7.39. The Morgan fingerprint density at radius 3 is 2.47 bits per heavy atom. The minimum atomic E-state index is -3.98. The van der Waals surface area contributed by atoms with Gasteiger partial charge in [0.2, 0.25) is 10.0 Å². The molecule has 0 bridgehead atoms. The van der Waals surface area contributed by atoms with Crippen molar-refractivity contribution in [3.05, 3.63) is 70.2 Å². The third-order valence-electron chi connectivity index (χ3n) is 5.23. The molecule has 0 aliphatic carbocycles. The van der Waals surface area contributed by atoms with E-state index in [4.69, 9.17) is 32.7 Å². The average Bonchev–Trinajstić information content (AvgIpc) is 2.83. The van der Waals surface area contributed by atoms with Crippen LogP contribution >= 0.6 is 23.2 Å². The monoisotopic (exact) mass is 522 g/mol. The number of ether oxygens (including phenoxy) is 2. The Morgan fingerprint density at radius 2 is 1.71 bits per heavy atom. The minimum absolute atomic E-state index is 0.0922. The Labute approximate surface area is 206 Å². The van der Waals surface area contributed by atoms with Crippen LogP contribution in [0.25, 0.3) is 10.8 Å². The van der Waals surface area contributed by atoms with E-state index in [1.54, 1.807) is 12.1 Å². The fraction of sp³-hybridized carbons (Fsp3) is 0.217. The molecule has 1 heterocycles. The highest BCUT2D eigenvalue weighted by atomic mass is 35.5. The number of benzene rings is 3. The van der Waals surface area contributed by atoms with E-state index >= 15 is 0 Å². The zero-order valence-corrected chi connectivity index (χ0v) is 20.1. The van der Waals surface area contributed by atoms with Gasteiger partial charge >= 0.3 is 5.97 Å². The summed E-state index contributed by atoms with van der Waals surface area (Å²) in [5, 5.41) is 4.27. The number of halogens is 2. The fourth-order valence-corrected chi connectivity index (χ4v) is 5.77. The fourth-order valence-electron chi connectivity index (χ4n) is 3.54. The second-order valence-electron chi connectivity index (χ2n) is 7.43. The summed E-state index contributed by atoms with van der Waals surface area (Å²) in [6.45, 7) is 0.244. The zero-order chi connectivity index (χ0) is 24.3. The summed E-state index contributed by atoms with van der Waals surface area (Å²) in [5.74, 6) is -1.51. The number of hydrogen-bond acceptors (Lipinski definition) is 6. The average molecular weight is 523 g/mol. The zero-order valence-electron chi connectivity index (χ0n) is 17.8. The van der Waals surface area contributed by atoms with Crippen LogP contribution in [0.5, 0.6) is 0 Å². The van der Waals surface area contributed by atoms with E-state index in [1.165, 1.54) is 10.4 Å². The van der Waals surface area contributed by atoms with Gasteiger partial charge in [0.1, 0.15) is 4.90 Å². The van der Waals surface area contributed by atoms with Crippen molar-refractivity contribution < 1.29 is 27.5 Å². The number of esters is 1. The molecule has 1 amide bonds. The SMILES string of the molecule is O=C(COC(=O)c1cc(S(=O)(=O)N2CCOCC2)c(Cl)cc1Cl)Nc1cccc2ccccc12. The lowest BCUT2D eigenvalue weighted by Crippen LogP contribution is -2.40. The topological polar surface area (TPSA) is 102 Å². The van der Waals surface area contributed by atoms with Crippen molar-refractivity contribution in [3.8, 4) is 0 Å². The molecule has 8 nitrogen and oxygen atoms in total. The molecule has 1 N–H and O–H groups in total. The molecule has 178 valence electrons. The molecule has 1 aliphatic rings. The van der Waals surface area contributed by atoms with Crippen molar-refractivity contribution in [1.82, 2.24) is 4.31 Å². The molecule has 1 fully saturated rings. The van der Waals surface area contributed by atoms with Gasteiger partial charge in [-0.3, -0.25) is 4.79 Å². The lowest BCUT2D eigenvalue weighted by Gasteiger charge is -2.26. The normalized spacial score (nSPS) is 14.6. The Bertz CT molecular complexity index is 1350. The van der Waals surface area contributed by atoms with E-state index < -0.39 is 28.5 Å². The number of carbonyl (C=O) groups excluding carboxylic acids is 2. The lowest BCUT2D eigenvalue weighted by molar-refractivity contribution is -0.119. The molecule has 3 aromatic carbocycles. The van der Waals surface area contributed by atoms with E-state index in [1.807, 2.05) is 30.3 Å². The van der Waals surface area contributed by atoms with Crippen LogP contribution in [0.4, 0.5) is 5.69 Å². The standard InChI is InChI=1S/C23H20Cl2N2O6S/c24-18-13-19(25)21(34(30,31)27-8-10-32-11-9-27)12-17(18)23(29)33-14-22(28)26-20-7-3-5-15-4-1-2-6-16(15)20/h1-7,12-13H,8-11,14H2,(H,26,28). The van der Waals surface area contributed by atoms with E-state index in [0.29, 0.717) is 5.69 Å². The van der Waals surface area contributed by atoms with Crippen molar-refractivity contribution in [2.24, 2.45) is 0 Å². The van der Waals surface area contributed by atoms with E-state index in [9.17, 15) is 18.0 Å². The highest BCUT2D eigenvalue weighted by Crippen LogP contribution is 2.31. The van der Waals surface area contributed by atoms with Gasteiger partial charge in [-0.05, 0) is 23.6 Å². The first kappa shape index (κ1) is 24.4. The number of carbonyl (C=O) groups is 2. The first-order valence-electron chi connectivity index (χ1n) is 10.3. The van der Waals surface area contributed by atoms with Crippen LogP contribution in [0, 0.1) is 0 Å². The molecule has 0 spiro atoms. The number of rotatable bonds is 6. The first-order chi connectivity index (χ1) is 16.3. The molecule has 11 heteroatoms. The molecule has 34 heavy (non-hydrogen) atoms. The lowest BCUT2D eigenvalue weighted by atomic mass is 10.1. The van der Waals surface area contributed by atoms with Crippen molar-refractivity contribution in [1.29, 1.82) is 0 Å². The molecule has 0 unspecified atom stereocenters. The molecule has 0 saturated carbocycles. The van der Waals surface area contributed by atoms with Gasteiger partial charge in [-0.25, -0.2) is 13.2 Å². The molecule has 4 rings (SSSR count). The smallest absolute Gasteiger partial charge is 0.340 e. The quantitative estimate of drug-likeness (QED) is 0.491. The number of fused-ring (bicyclic) bond motifs is 1. The van der Waals surface area contributed by atoms with Crippen LogP contribution in [0.15, 0.2) is 59.5 Å². The van der Waals surface area contributed by atoms with E-state index in [-0.39, 0.29) is 46.8 Å². The van der Waals surface area contributed by atoms with E-state index in [0.717, 1.165) is 16.8 Å². The van der Waals surface area contributed by atoms with Crippen LogP contribution in [-0.2, 0) is 24.3 Å². The number of amides is 1. The molecule has 1 saturated heterocycles. The largest absolute Gasteiger partial charge is 0.452 e. The van der Waals surface area contributed by atoms with Gasteiger partial charge < -0.3 is 14.8 Å². The second kappa shape index (κ2) is 10.3. The number of sulfonamides is 1. The van der Waals surface area contributed by atoms with Crippen LogP contribution in [0.3, 0.4) is 0 Å². The van der Waals surface area contributed by atoms with E-state index in [2.05, 4.69) is 5.32 Å². The predicted octanol–water partition coefficient (Wildman–Crippen LogP) is 3.96. The van der Waals surface area contributed by atoms with Crippen LogP contribution in [-0.4, -0.2) is 57.5 Å². The molecule has 0 atom stereocenters. The summed E-state index contributed by atoms with van der Waals surface area (Å²) in [4.78, 5) is 24.8. The summed E-state index contributed by atoms with van der Waals surface area (Å²) < 4.78 is 37.5. The maximum absolute atomic E-state index is 13.0. The Balaban J connectivity index is 1.48. The maximum Gasteiger partial charge on any atom is 0.340 e. The van der Waals surface area contributed by atoms with Gasteiger partial charge in [-0.15, -0.1) is 0 Å². The summed E-state index contributed by atoms with van der Waals surface area (Å²) in [6, 6.07) is 15.2. The summed E-state index contributed by atoms with van der Waals surface area (Å²) in [7, 11) is -3.98. The van der Waals surface area contributed by atoms with Crippen LogP contribution in [0.2, 0.25) is 10.0 Å². The number of morpholine rings is 1. The molecular formula is C23H20Cl2N2O6S. The molecule has 0 radical (unpaired) electrons. The van der Waals surface area contributed by atoms with Gasteiger partial charge in [0.25, 0.3) is 5.91 Å². The minimum Gasteiger partial charge on any atom is -0.452 e. The van der Waals surface area contributed by atoms with Crippen molar-refractivity contribution in [3.63, 3.8) is 0 Å². The van der Waals surface area contributed by atoms with Crippen LogP contribution < -0.4 is 5.32 Å². The van der Waals surface area contributed by atoms with Crippen molar-refractivity contribution in [2.45, 2.75) is 4.90 Å². The third-order valence-corrected chi connectivity index (χ3v) is 7.90. The van der Waals surface area contributed by atoms with Gasteiger partial charge in [0, 0.05) is 24.2 Å². The maximum atomic E-state index is 13.0. The molecule has 3 aromatic rings. The number of nitrogens with zero attached hydrogens (tertiary/aromatic N) is 1. The first-order valence-corrected chi connectivity index (χ1v) is 12.5. The Hall–Kier alpha value is -2.69. The molecule has 0 aromatic heterocycles. The summed E-state index contributed by atoms with van der Waals surface area (Å²) in [5.41, 5.74) is 0.360. The summed E-state index contributed by atoms with van der Waals surface area (Å²) >= 11 is 12.3. The molecular weight excluding hydrogens is 503 g/mol. The van der Waals surface area contributed by atoms with Gasteiger partial charge in [-0.1, -0.05) is 59.6 Å². The number of nitrogens with one attached hydrogen (secondary N) is 1. The highest BCUT2D eigenvalue weighted by molar-refractivity contribution is 7.89. The summed E-state index contributed by atoms with van der Waals surface area (Å²) in [6.07, 6.45) is 0. The van der Waals surface area contributed by atoms with Gasteiger partial charge in [-0.2, -0.15) is 4.31 Å². The highest BCUT2D eigenvalue weighted by Gasteiger charge is 2.30.